The van der Waals surface area contributed by atoms with Crippen LogP contribution < -0.4 is 10.1 Å². The number of carbonyl (C=O) groups excluding carboxylic acids is 1. The molecule has 0 unspecified atom stereocenters. The van der Waals surface area contributed by atoms with Gasteiger partial charge in [0.25, 0.3) is 5.91 Å². The number of para-hydroxylation sites is 2. The summed E-state index contributed by atoms with van der Waals surface area (Å²) < 4.78 is 5.22. The van der Waals surface area contributed by atoms with Crippen LogP contribution in [0.3, 0.4) is 0 Å². The van der Waals surface area contributed by atoms with Crippen LogP contribution in [0.2, 0.25) is 0 Å². The van der Waals surface area contributed by atoms with E-state index in [0.29, 0.717) is 18.7 Å². The Kier molecular flexibility index (Phi) is 4.94. The molecule has 0 atom stereocenters. The highest BCUT2D eigenvalue weighted by Crippen LogP contribution is 2.23. The van der Waals surface area contributed by atoms with Crippen LogP contribution in [-0.4, -0.2) is 29.1 Å². The van der Waals surface area contributed by atoms with Gasteiger partial charge in [0.05, 0.1) is 0 Å². The highest BCUT2D eigenvalue weighted by molar-refractivity contribution is 5.77. The number of phenolic OH excluding ortho intramolecular Hbond substituents is 1. The first-order valence-corrected chi connectivity index (χ1v) is 6.33. The lowest BCUT2D eigenvalue weighted by molar-refractivity contribution is -0.123. The van der Waals surface area contributed by atoms with Gasteiger partial charge in [0.2, 0.25) is 0 Å². The molecule has 0 fully saturated rings. The predicted octanol–water partition coefficient (Wildman–Crippen LogP) is 1.52. The van der Waals surface area contributed by atoms with E-state index in [1.165, 1.54) is 6.07 Å². The molecule has 1 aromatic carbocycles. The second kappa shape index (κ2) is 7.13. The molecule has 0 bridgehead atoms. The molecule has 0 saturated heterocycles. The molecule has 5 nitrogen and oxygen atoms in total. The zero-order valence-corrected chi connectivity index (χ0v) is 11.0. The molecule has 1 heterocycles. The van der Waals surface area contributed by atoms with E-state index in [0.717, 1.165) is 5.69 Å². The number of hydrogen-bond donors (Lipinski definition) is 2. The van der Waals surface area contributed by atoms with Crippen LogP contribution in [0.4, 0.5) is 0 Å². The Morgan fingerprint density at radius 1 is 1.20 bits per heavy atom. The first-order chi connectivity index (χ1) is 9.75. The van der Waals surface area contributed by atoms with E-state index in [2.05, 4.69) is 10.3 Å². The molecule has 0 radical (unpaired) electrons. The Labute approximate surface area is 117 Å². The smallest absolute Gasteiger partial charge is 0.257 e. The largest absolute Gasteiger partial charge is 0.504 e. The number of carbonyl (C=O) groups is 1. The molecule has 1 amide bonds. The van der Waals surface area contributed by atoms with Crippen molar-refractivity contribution in [3.8, 4) is 11.5 Å². The van der Waals surface area contributed by atoms with Crippen LogP contribution in [-0.2, 0) is 11.2 Å². The van der Waals surface area contributed by atoms with Gasteiger partial charge in [0.1, 0.15) is 0 Å². The summed E-state index contributed by atoms with van der Waals surface area (Å²) in [6, 6.07) is 12.2. The number of benzene rings is 1. The average molecular weight is 272 g/mol. The third kappa shape index (κ3) is 4.28. The van der Waals surface area contributed by atoms with Crippen molar-refractivity contribution in [2.24, 2.45) is 0 Å². The molecule has 0 spiro atoms. The molecule has 0 saturated carbocycles. The molecule has 5 heteroatoms. The van der Waals surface area contributed by atoms with Crippen molar-refractivity contribution in [3.05, 3.63) is 54.4 Å². The minimum Gasteiger partial charge on any atom is -0.504 e. The van der Waals surface area contributed by atoms with E-state index >= 15 is 0 Å². The number of pyridine rings is 1. The van der Waals surface area contributed by atoms with Crippen LogP contribution >= 0.6 is 0 Å². The maximum absolute atomic E-state index is 11.6. The molecule has 2 aromatic rings. The highest BCUT2D eigenvalue weighted by atomic mass is 16.5. The Balaban J connectivity index is 1.70. The summed E-state index contributed by atoms with van der Waals surface area (Å²) in [5, 5.41) is 12.2. The number of aromatic hydroxyl groups is 1. The molecule has 0 aliphatic rings. The third-order valence-electron chi connectivity index (χ3n) is 2.65. The van der Waals surface area contributed by atoms with E-state index in [9.17, 15) is 9.90 Å². The van der Waals surface area contributed by atoms with Crippen molar-refractivity contribution in [1.29, 1.82) is 0 Å². The van der Waals surface area contributed by atoms with E-state index < -0.39 is 0 Å². The molecule has 0 aliphatic carbocycles. The number of amides is 1. The van der Waals surface area contributed by atoms with Crippen LogP contribution in [0, 0.1) is 0 Å². The van der Waals surface area contributed by atoms with E-state index in [1.807, 2.05) is 18.2 Å². The number of phenols is 1. The van der Waals surface area contributed by atoms with Gasteiger partial charge in [-0.2, -0.15) is 0 Å². The molecule has 20 heavy (non-hydrogen) atoms. The van der Waals surface area contributed by atoms with Crippen LogP contribution in [0.15, 0.2) is 48.7 Å². The van der Waals surface area contributed by atoms with Gasteiger partial charge in [-0.05, 0) is 24.3 Å². The lowest BCUT2D eigenvalue weighted by atomic mass is 10.3. The van der Waals surface area contributed by atoms with E-state index in [4.69, 9.17) is 4.74 Å². The Morgan fingerprint density at radius 3 is 2.75 bits per heavy atom. The molecule has 1 aromatic heterocycles. The predicted molar refractivity (Wildman–Crippen MR) is 74.6 cm³/mol. The molecular weight excluding hydrogens is 256 g/mol. The first-order valence-electron chi connectivity index (χ1n) is 6.33. The normalized spacial score (nSPS) is 10.0. The summed E-state index contributed by atoms with van der Waals surface area (Å²) in [7, 11) is 0. The summed E-state index contributed by atoms with van der Waals surface area (Å²) >= 11 is 0. The van der Waals surface area contributed by atoms with Crippen molar-refractivity contribution < 1.29 is 14.6 Å². The van der Waals surface area contributed by atoms with Gasteiger partial charge in [0.15, 0.2) is 18.1 Å². The van der Waals surface area contributed by atoms with Gasteiger partial charge < -0.3 is 15.2 Å². The van der Waals surface area contributed by atoms with Crippen molar-refractivity contribution in [3.63, 3.8) is 0 Å². The summed E-state index contributed by atoms with van der Waals surface area (Å²) in [6.45, 7) is 0.375. The fourth-order valence-corrected chi connectivity index (χ4v) is 1.65. The molecular formula is C15H16N2O3. The van der Waals surface area contributed by atoms with Gasteiger partial charge in [0, 0.05) is 24.9 Å². The summed E-state index contributed by atoms with van der Waals surface area (Å²) in [5.74, 6) is 0.0883. The van der Waals surface area contributed by atoms with Gasteiger partial charge in [-0.1, -0.05) is 18.2 Å². The maximum Gasteiger partial charge on any atom is 0.257 e. The molecule has 2 N–H and O–H groups in total. The number of ether oxygens (including phenoxy) is 1. The second-order valence-electron chi connectivity index (χ2n) is 4.18. The lowest BCUT2D eigenvalue weighted by Gasteiger charge is -2.08. The monoisotopic (exact) mass is 272 g/mol. The average Bonchev–Trinajstić information content (AvgIpc) is 2.47. The second-order valence-corrected chi connectivity index (χ2v) is 4.18. The van der Waals surface area contributed by atoms with Gasteiger partial charge in [-0.3, -0.25) is 9.78 Å². The van der Waals surface area contributed by atoms with E-state index in [-0.39, 0.29) is 18.3 Å². The first kappa shape index (κ1) is 13.9. The summed E-state index contributed by atoms with van der Waals surface area (Å²) in [6.07, 6.45) is 2.39. The van der Waals surface area contributed by atoms with Crippen molar-refractivity contribution in [1.82, 2.24) is 10.3 Å². The minimum absolute atomic E-state index is 0.0220. The number of hydrogen-bond acceptors (Lipinski definition) is 4. The number of rotatable bonds is 6. The number of nitrogens with zero attached hydrogens (tertiary/aromatic N) is 1. The van der Waals surface area contributed by atoms with Gasteiger partial charge in [-0.15, -0.1) is 0 Å². The fraction of sp³-hybridized carbons (Fsp3) is 0.200. The minimum atomic E-state index is -0.232. The highest BCUT2D eigenvalue weighted by Gasteiger charge is 2.05. The van der Waals surface area contributed by atoms with Crippen LogP contribution in [0.25, 0.3) is 0 Å². The van der Waals surface area contributed by atoms with Crippen molar-refractivity contribution in [2.75, 3.05) is 13.2 Å². The summed E-state index contributed by atoms with van der Waals surface area (Å²) in [4.78, 5) is 15.7. The zero-order valence-electron chi connectivity index (χ0n) is 11.0. The van der Waals surface area contributed by atoms with Gasteiger partial charge in [-0.25, -0.2) is 0 Å². The zero-order chi connectivity index (χ0) is 14.2. The van der Waals surface area contributed by atoms with Gasteiger partial charge >= 0.3 is 0 Å². The van der Waals surface area contributed by atoms with Crippen molar-refractivity contribution in [2.45, 2.75) is 6.42 Å². The third-order valence-corrected chi connectivity index (χ3v) is 2.65. The number of nitrogens with one attached hydrogen (secondary N) is 1. The quantitative estimate of drug-likeness (QED) is 0.836. The van der Waals surface area contributed by atoms with E-state index in [1.54, 1.807) is 24.4 Å². The summed E-state index contributed by atoms with van der Waals surface area (Å²) in [5.41, 5.74) is 0.925. The standard InChI is InChI=1S/C15H16N2O3/c18-13-6-1-2-7-14(13)20-11-15(19)17-10-8-12-5-3-4-9-16-12/h1-7,9,18H,8,10-11H2,(H,17,19). The topological polar surface area (TPSA) is 71.5 Å². The Bertz CT molecular complexity index is 558. The van der Waals surface area contributed by atoms with Crippen molar-refractivity contribution >= 4 is 5.91 Å². The van der Waals surface area contributed by atoms with Crippen LogP contribution in [0.5, 0.6) is 11.5 Å². The van der Waals surface area contributed by atoms with Crippen LogP contribution in [0.1, 0.15) is 5.69 Å². The Hall–Kier alpha value is -2.56. The number of aromatic nitrogens is 1. The Morgan fingerprint density at radius 2 is 2.00 bits per heavy atom. The molecule has 2 rings (SSSR count). The molecule has 104 valence electrons. The maximum atomic E-state index is 11.6. The molecule has 0 aliphatic heterocycles. The SMILES string of the molecule is O=C(COc1ccccc1O)NCCc1ccccn1. The lowest BCUT2D eigenvalue weighted by Crippen LogP contribution is -2.30. The fourth-order valence-electron chi connectivity index (χ4n) is 1.65.